The lowest BCUT2D eigenvalue weighted by molar-refractivity contribution is 0.556. The molecule has 0 bridgehead atoms. The van der Waals surface area contributed by atoms with Crippen LogP contribution in [0.2, 0.25) is 5.02 Å². The molecule has 0 aliphatic rings. The summed E-state index contributed by atoms with van der Waals surface area (Å²) in [6.45, 7) is 3.22. The largest absolute Gasteiger partial charge is 0.310 e. The average Bonchev–Trinajstić information content (AvgIpc) is 2.29. The minimum atomic E-state index is 0.336. The Morgan fingerprint density at radius 1 is 1.31 bits per heavy atom. The van der Waals surface area contributed by atoms with Crippen LogP contribution in [0.5, 0.6) is 0 Å². The van der Waals surface area contributed by atoms with Gasteiger partial charge in [-0.3, -0.25) is 0 Å². The predicted molar refractivity (Wildman–Crippen MR) is 75.5 cm³/mol. The van der Waals surface area contributed by atoms with E-state index >= 15 is 0 Å². The van der Waals surface area contributed by atoms with Crippen LogP contribution in [0.3, 0.4) is 0 Å². The van der Waals surface area contributed by atoms with Crippen LogP contribution in [-0.4, -0.2) is 18.6 Å². The van der Waals surface area contributed by atoms with Crippen molar-refractivity contribution in [2.24, 2.45) is 0 Å². The van der Waals surface area contributed by atoms with E-state index in [0.29, 0.717) is 6.04 Å². The van der Waals surface area contributed by atoms with Crippen LogP contribution in [0.15, 0.2) is 24.3 Å². The van der Waals surface area contributed by atoms with E-state index in [0.717, 1.165) is 11.6 Å². The van der Waals surface area contributed by atoms with Gasteiger partial charge in [0.1, 0.15) is 0 Å². The van der Waals surface area contributed by atoms with Gasteiger partial charge in [0.15, 0.2) is 0 Å². The van der Waals surface area contributed by atoms with E-state index in [4.69, 9.17) is 11.6 Å². The summed E-state index contributed by atoms with van der Waals surface area (Å²) < 4.78 is 0. The second kappa shape index (κ2) is 7.99. The van der Waals surface area contributed by atoms with Crippen molar-refractivity contribution in [3.63, 3.8) is 0 Å². The first-order valence-electron chi connectivity index (χ1n) is 5.72. The highest BCUT2D eigenvalue weighted by Crippen LogP contribution is 2.21. The summed E-state index contributed by atoms with van der Waals surface area (Å²) in [5.74, 6) is 1.25. The molecule has 3 heteroatoms. The van der Waals surface area contributed by atoms with Crippen LogP contribution in [-0.2, 0) is 0 Å². The van der Waals surface area contributed by atoms with E-state index < -0.39 is 0 Å². The topological polar surface area (TPSA) is 12.0 Å². The standard InChI is InChI=1S/C13H20ClNS/c1-11(15-9-5-6-10-16-2)12-7-3-4-8-13(12)14/h3-4,7-8,11,15H,5-6,9-10H2,1-2H3. The second-order valence-electron chi connectivity index (χ2n) is 3.90. The maximum Gasteiger partial charge on any atom is 0.0453 e. The van der Waals surface area contributed by atoms with Crippen molar-refractivity contribution < 1.29 is 0 Å². The molecule has 90 valence electrons. The van der Waals surface area contributed by atoms with Crippen LogP contribution in [0, 0.1) is 0 Å². The Morgan fingerprint density at radius 2 is 2.06 bits per heavy atom. The molecule has 0 aromatic heterocycles. The zero-order valence-electron chi connectivity index (χ0n) is 10.0. The van der Waals surface area contributed by atoms with Gasteiger partial charge in [0.05, 0.1) is 0 Å². The number of hydrogen-bond acceptors (Lipinski definition) is 2. The average molecular weight is 258 g/mol. The zero-order chi connectivity index (χ0) is 11.8. The quantitative estimate of drug-likeness (QED) is 0.737. The zero-order valence-corrected chi connectivity index (χ0v) is 11.6. The summed E-state index contributed by atoms with van der Waals surface area (Å²) in [6, 6.07) is 8.37. The fourth-order valence-electron chi connectivity index (χ4n) is 1.63. The van der Waals surface area contributed by atoms with Crippen molar-refractivity contribution in [3.05, 3.63) is 34.9 Å². The number of unbranched alkanes of at least 4 members (excludes halogenated alkanes) is 1. The van der Waals surface area contributed by atoms with Crippen LogP contribution in [0.25, 0.3) is 0 Å². The molecule has 0 aliphatic heterocycles. The SMILES string of the molecule is CSCCCCNC(C)c1ccccc1Cl. The van der Waals surface area contributed by atoms with E-state index in [2.05, 4.69) is 24.6 Å². The van der Waals surface area contributed by atoms with E-state index in [-0.39, 0.29) is 0 Å². The monoisotopic (exact) mass is 257 g/mol. The maximum absolute atomic E-state index is 6.14. The molecule has 0 fully saturated rings. The maximum atomic E-state index is 6.14. The first-order chi connectivity index (χ1) is 7.75. The highest BCUT2D eigenvalue weighted by molar-refractivity contribution is 7.98. The van der Waals surface area contributed by atoms with Crippen LogP contribution in [0.4, 0.5) is 0 Å². The Bertz CT molecular complexity index is 304. The molecule has 0 amide bonds. The molecule has 16 heavy (non-hydrogen) atoms. The Balaban J connectivity index is 2.30. The molecule has 0 heterocycles. The number of hydrogen-bond donors (Lipinski definition) is 1. The summed E-state index contributed by atoms with van der Waals surface area (Å²) >= 11 is 8.05. The van der Waals surface area contributed by atoms with Crippen molar-refractivity contribution >= 4 is 23.4 Å². The fourth-order valence-corrected chi connectivity index (χ4v) is 2.42. The van der Waals surface area contributed by atoms with Gasteiger partial charge >= 0.3 is 0 Å². The molecular weight excluding hydrogens is 238 g/mol. The van der Waals surface area contributed by atoms with Crippen molar-refractivity contribution in [3.8, 4) is 0 Å². The summed E-state index contributed by atoms with van der Waals surface area (Å²) in [4.78, 5) is 0. The lowest BCUT2D eigenvalue weighted by Gasteiger charge is -2.15. The number of halogens is 1. The number of benzene rings is 1. The van der Waals surface area contributed by atoms with Gasteiger partial charge in [-0.1, -0.05) is 29.8 Å². The normalized spacial score (nSPS) is 12.7. The molecule has 1 rings (SSSR count). The van der Waals surface area contributed by atoms with E-state index in [9.17, 15) is 0 Å². The van der Waals surface area contributed by atoms with Crippen LogP contribution in [0.1, 0.15) is 31.4 Å². The summed E-state index contributed by atoms with van der Waals surface area (Å²) in [5.41, 5.74) is 1.19. The third kappa shape index (κ3) is 4.77. The van der Waals surface area contributed by atoms with Gasteiger partial charge in [-0.05, 0) is 49.9 Å². The molecule has 1 atom stereocenters. The third-order valence-corrected chi connectivity index (χ3v) is 3.64. The highest BCUT2D eigenvalue weighted by atomic mass is 35.5. The number of rotatable bonds is 7. The van der Waals surface area contributed by atoms with Crippen molar-refractivity contribution in [2.75, 3.05) is 18.6 Å². The van der Waals surface area contributed by atoms with Gasteiger partial charge < -0.3 is 5.32 Å². The molecule has 0 radical (unpaired) electrons. The molecule has 0 aliphatic carbocycles. The Labute approximate surface area is 108 Å². The fraction of sp³-hybridized carbons (Fsp3) is 0.538. The van der Waals surface area contributed by atoms with Crippen LogP contribution < -0.4 is 5.32 Å². The Morgan fingerprint density at radius 3 is 2.75 bits per heavy atom. The van der Waals surface area contributed by atoms with E-state index in [1.807, 2.05) is 30.0 Å². The van der Waals surface area contributed by atoms with Gasteiger partial charge in [0.25, 0.3) is 0 Å². The first-order valence-corrected chi connectivity index (χ1v) is 7.49. The highest BCUT2D eigenvalue weighted by Gasteiger charge is 2.07. The molecule has 1 aromatic carbocycles. The van der Waals surface area contributed by atoms with Gasteiger partial charge in [0.2, 0.25) is 0 Å². The number of nitrogens with one attached hydrogen (secondary N) is 1. The lowest BCUT2D eigenvalue weighted by atomic mass is 10.1. The Hall–Kier alpha value is -0.180. The number of thioether (sulfide) groups is 1. The molecule has 0 saturated heterocycles. The molecule has 1 unspecified atom stereocenters. The van der Waals surface area contributed by atoms with Gasteiger partial charge in [-0.15, -0.1) is 0 Å². The predicted octanol–water partition coefficient (Wildman–Crippen LogP) is 4.13. The van der Waals surface area contributed by atoms with Crippen molar-refractivity contribution in [2.45, 2.75) is 25.8 Å². The van der Waals surface area contributed by atoms with Gasteiger partial charge in [-0.25, -0.2) is 0 Å². The second-order valence-corrected chi connectivity index (χ2v) is 5.29. The Kier molecular flexibility index (Phi) is 6.93. The van der Waals surface area contributed by atoms with Crippen molar-refractivity contribution in [1.29, 1.82) is 0 Å². The summed E-state index contributed by atoms with van der Waals surface area (Å²) in [6.07, 6.45) is 4.67. The lowest BCUT2D eigenvalue weighted by Crippen LogP contribution is -2.20. The third-order valence-electron chi connectivity index (χ3n) is 2.60. The molecule has 1 nitrogen and oxygen atoms in total. The minimum Gasteiger partial charge on any atom is -0.310 e. The smallest absolute Gasteiger partial charge is 0.0453 e. The van der Waals surface area contributed by atoms with E-state index in [1.165, 1.54) is 24.2 Å². The van der Waals surface area contributed by atoms with Crippen LogP contribution >= 0.6 is 23.4 Å². The summed E-state index contributed by atoms with van der Waals surface area (Å²) in [7, 11) is 0. The minimum absolute atomic E-state index is 0.336. The summed E-state index contributed by atoms with van der Waals surface area (Å²) in [5, 5.41) is 4.36. The molecule has 0 saturated carbocycles. The molecule has 1 N–H and O–H groups in total. The molecule has 1 aromatic rings. The van der Waals surface area contributed by atoms with E-state index in [1.54, 1.807) is 0 Å². The van der Waals surface area contributed by atoms with Crippen molar-refractivity contribution in [1.82, 2.24) is 5.32 Å². The molecular formula is C13H20ClNS. The molecule has 0 spiro atoms. The van der Waals surface area contributed by atoms with Gasteiger partial charge in [0, 0.05) is 11.1 Å². The van der Waals surface area contributed by atoms with Gasteiger partial charge in [-0.2, -0.15) is 11.8 Å². The first kappa shape index (κ1) is 13.9.